The number of hydrogen-bond acceptors (Lipinski definition) is 2. The third-order valence-electron chi connectivity index (χ3n) is 1.42. The summed E-state index contributed by atoms with van der Waals surface area (Å²) in [5, 5.41) is 8.20. The van der Waals surface area contributed by atoms with Gasteiger partial charge in [0, 0.05) is 12.8 Å². The van der Waals surface area contributed by atoms with Gasteiger partial charge in [-0.05, 0) is 5.41 Å². The van der Waals surface area contributed by atoms with Gasteiger partial charge >= 0.3 is 6.03 Å². The summed E-state index contributed by atoms with van der Waals surface area (Å²) < 4.78 is 0. The molecule has 0 unspecified atom stereocenters. The van der Waals surface area contributed by atoms with Gasteiger partial charge in [0.1, 0.15) is 0 Å². The highest BCUT2D eigenvalue weighted by Gasteiger charge is 2.18. The topological polar surface area (TPSA) is 44.7 Å². The van der Waals surface area contributed by atoms with Crippen LogP contribution in [0.25, 0.3) is 0 Å². The van der Waals surface area contributed by atoms with E-state index < -0.39 is 0 Å². The van der Waals surface area contributed by atoms with Crippen molar-refractivity contribution < 1.29 is 4.79 Å². The van der Waals surface area contributed by atoms with Gasteiger partial charge in [-0.25, -0.2) is 9.80 Å². The molecule has 0 aliphatic carbocycles. The molecule has 1 fully saturated rings. The van der Waals surface area contributed by atoms with Crippen LogP contribution >= 0.6 is 0 Å². The molecule has 0 radical (unpaired) electrons. The minimum Gasteiger partial charge on any atom is -0.335 e. The number of hydrogen-bond donors (Lipinski definition) is 1. The average molecular weight is 169 g/mol. The van der Waals surface area contributed by atoms with Gasteiger partial charge in [-0.1, -0.05) is 20.8 Å². The van der Waals surface area contributed by atoms with Gasteiger partial charge in [0.15, 0.2) is 0 Å². The molecule has 0 aromatic rings. The van der Waals surface area contributed by atoms with Crippen LogP contribution in [0.2, 0.25) is 0 Å². The molecule has 2 amide bonds. The van der Waals surface area contributed by atoms with Crippen molar-refractivity contribution in [3.8, 4) is 0 Å². The minimum atomic E-state index is -0.101. The molecule has 0 atom stereocenters. The molecule has 0 aromatic heterocycles. The summed E-state index contributed by atoms with van der Waals surface area (Å²) in [6.07, 6.45) is 1.79. The molecule has 1 N–H and O–H groups in total. The van der Waals surface area contributed by atoms with Crippen molar-refractivity contribution in [3.05, 3.63) is 0 Å². The Morgan fingerprint density at radius 3 is 2.67 bits per heavy atom. The zero-order valence-electron chi connectivity index (χ0n) is 7.79. The van der Waals surface area contributed by atoms with Gasteiger partial charge in [0.05, 0.1) is 6.54 Å². The molecule has 1 rings (SSSR count). The normalized spacial score (nSPS) is 18.9. The molecule has 4 nitrogen and oxygen atoms in total. The van der Waals surface area contributed by atoms with E-state index in [9.17, 15) is 4.79 Å². The lowest BCUT2D eigenvalue weighted by Gasteiger charge is -2.12. The summed E-state index contributed by atoms with van der Waals surface area (Å²) >= 11 is 0. The first-order chi connectivity index (χ1) is 5.49. The first kappa shape index (κ1) is 9.03. The number of urea groups is 1. The Labute approximate surface area is 72.6 Å². The van der Waals surface area contributed by atoms with E-state index >= 15 is 0 Å². The van der Waals surface area contributed by atoms with Crippen molar-refractivity contribution in [2.24, 2.45) is 10.5 Å². The lowest BCUT2D eigenvalue weighted by Crippen LogP contribution is -2.24. The Morgan fingerprint density at radius 2 is 2.25 bits per heavy atom. The molecule has 68 valence electrons. The van der Waals surface area contributed by atoms with Crippen LogP contribution < -0.4 is 5.32 Å². The molecule has 1 aliphatic rings. The highest BCUT2D eigenvalue weighted by atomic mass is 16.2. The lowest BCUT2D eigenvalue weighted by molar-refractivity contribution is 0.219. The maximum Gasteiger partial charge on any atom is 0.337 e. The Hall–Kier alpha value is -1.06. The Kier molecular flexibility index (Phi) is 2.35. The molecular formula is C8H15N3O. The van der Waals surface area contributed by atoms with Crippen LogP contribution in [0.5, 0.6) is 0 Å². The van der Waals surface area contributed by atoms with Crippen molar-refractivity contribution in [2.45, 2.75) is 20.8 Å². The molecule has 0 aromatic carbocycles. The summed E-state index contributed by atoms with van der Waals surface area (Å²) in [6, 6.07) is -0.101. The Bertz CT molecular complexity index is 205. The summed E-state index contributed by atoms with van der Waals surface area (Å²) in [6.45, 7) is 7.51. The molecule has 0 spiro atoms. The number of amides is 2. The maximum atomic E-state index is 11.0. The van der Waals surface area contributed by atoms with Gasteiger partial charge in [0.2, 0.25) is 0 Å². The summed E-state index contributed by atoms with van der Waals surface area (Å²) in [5.41, 5.74) is 0.0306. The monoisotopic (exact) mass is 169 g/mol. The second-order valence-corrected chi connectivity index (χ2v) is 3.97. The molecule has 4 heteroatoms. The zero-order chi connectivity index (χ0) is 9.19. The molecule has 1 heterocycles. The van der Waals surface area contributed by atoms with Crippen molar-refractivity contribution in [1.82, 2.24) is 10.3 Å². The smallest absolute Gasteiger partial charge is 0.335 e. The van der Waals surface area contributed by atoms with Gasteiger partial charge in [-0.3, -0.25) is 0 Å². The maximum absolute atomic E-state index is 11.0. The quantitative estimate of drug-likeness (QED) is 0.586. The predicted octanol–water partition coefficient (Wildman–Crippen LogP) is 1.04. The zero-order valence-corrected chi connectivity index (χ0v) is 7.79. The molecule has 12 heavy (non-hydrogen) atoms. The van der Waals surface area contributed by atoms with E-state index in [1.54, 1.807) is 6.21 Å². The highest BCUT2D eigenvalue weighted by Crippen LogP contribution is 2.09. The van der Waals surface area contributed by atoms with Crippen LogP contribution in [0, 0.1) is 5.41 Å². The number of nitrogens with one attached hydrogen (secondary N) is 1. The number of carbonyl (C=O) groups is 1. The second kappa shape index (κ2) is 3.13. The molecule has 0 saturated carbocycles. The fourth-order valence-electron chi connectivity index (χ4n) is 0.815. The Morgan fingerprint density at radius 1 is 1.58 bits per heavy atom. The summed E-state index contributed by atoms with van der Waals surface area (Å²) in [7, 11) is 0. The van der Waals surface area contributed by atoms with Gasteiger partial charge < -0.3 is 5.32 Å². The number of rotatable bonds is 1. The van der Waals surface area contributed by atoms with E-state index in [0.29, 0.717) is 13.1 Å². The van der Waals surface area contributed by atoms with Crippen molar-refractivity contribution in [1.29, 1.82) is 0 Å². The largest absolute Gasteiger partial charge is 0.337 e. The van der Waals surface area contributed by atoms with Crippen molar-refractivity contribution >= 4 is 12.2 Å². The van der Waals surface area contributed by atoms with Crippen LogP contribution in [-0.2, 0) is 0 Å². The van der Waals surface area contributed by atoms with E-state index in [1.165, 1.54) is 5.01 Å². The highest BCUT2D eigenvalue weighted by molar-refractivity contribution is 5.77. The van der Waals surface area contributed by atoms with E-state index in [2.05, 4.69) is 10.4 Å². The van der Waals surface area contributed by atoms with Gasteiger partial charge in [-0.2, -0.15) is 5.10 Å². The molecule has 1 aliphatic heterocycles. The third-order valence-corrected chi connectivity index (χ3v) is 1.42. The van der Waals surface area contributed by atoms with E-state index in [0.717, 1.165) is 0 Å². The first-order valence-electron chi connectivity index (χ1n) is 4.09. The SMILES string of the molecule is CC(C)(C)/C=N/N1CCNC1=O. The Balaban J connectivity index is 2.51. The van der Waals surface area contributed by atoms with Gasteiger partial charge in [-0.15, -0.1) is 0 Å². The third kappa shape index (κ3) is 2.53. The van der Waals surface area contributed by atoms with Crippen LogP contribution in [0.1, 0.15) is 20.8 Å². The fourth-order valence-corrected chi connectivity index (χ4v) is 0.815. The summed E-state index contributed by atoms with van der Waals surface area (Å²) in [5.74, 6) is 0. The van der Waals surface area contributed by atoms with Crippen molar-refractivity contribution in [2.75, 3.05) is 13.1 Å². The van der Waals surface area contributed by atoms with Crippen LogP contribution in [0.15, 0.2) is 5.10 Å². The number of hydrazone groups is 1. The minimum absolute atomic E-state index is 0.0306. The van der Waals surface area contributed by atoms with Crippen LogP contribution in [0.3, 0.4) is 0 Å². The first-order valence-corrected chi connectivity index (χ1v) is 4.09. The van der Waals surface area contributed by atoms with Crippen molar-refractivity contribution in [3.63, 3.8) is 0 Å². The van der Waals surface area contributed by atoms with E-state index in [1.807, 2.05) is 20.8 Å². The van der Waals surface area contributed by atoms with E-state index in [-0.39, 0.29) is 11.4 Å². The number of nitrogens with zero attached hydrogens (tertiary/aromatic N) is 2. The van der Waals surface area contributed by atoms with Crippen LogP contribution in [-0.4, -0.2) is 30.3 Å². The molecular weight excluding hydrogens is 154 g/mol. The molecule has 0 bridgehead atoms. The predicted molar refractivity (Wildman–Crippen MR) is 48.1 cm³/mol. The van der Waals surface area contributed by atoms with E-state index in [4.69, 9.17) is 0 Å². The average Bonchev–Trinajstić information content (AvgIpc) is 2.29. The molecule has 1 saturated heterocycles. The van der Waals surface area contributed by atoms with Crippen LogP contribution in [0.4, 0.5) is 4.79 Å². The second-order valence-electron chi connectivity index (χ2n) is 3.97. The summed E-state index contributed by atoms with van der Waals surface area (Å²) in [4.78, 5) is 11.0. The standard InChI is InChI=1S/C8H15N3O/c1-8(2,3)6-10-11-5-4-9-7(11)12/h6H,4-5H2,1-3H3,(H,9,12)/b10-6+. The number of carbonyl (C=O) groups excluding carboxylic acids is 1. The van der Waals surface area contributed by atoms with Gasteiger partial charge in [0.25, 0.3) is 0 Å². The fraction of sp³-hybridized carbons (Fsp3) is 0.750. The lowest BCUT2D eigenvalue weighted by atomic mass is 9.99.